The molecule has 0 atom stereocenters. The molecule has 0 heterocycles. The van der Waals surface area contributed by atoms with Crippen LogP contribution in [0.2, 0.25) is 0 Å². The van der Waals surface area contributed by atoms with Gasteiger partial charge in [-0.1, -0.05) is 26.0 Å². The summed E-state index contributed by atoms with van der Waals surface area (Å²) in [6.45, 7) is 11.7. The fourth-order valence-corrected chi connectivity index (χ4v) is 4.51. The number of sulfonamides is 1. The number of nitrogens with zero attached hydrogens (tertiary/aromatic N) is 2. The molecule has 0 aromatic heterocycles. The van der Waals surface area contributed by atoms with Gasteiger partial charge in [-0.05, 0) is 51.5 Å². The van der Waals surface area contributed by atoms with E-state index in [-0.39, 0.29) is 29.5 Å². The second-order valence-electron chi connectivity index (χ2n) is 7.09. The maximum atomic E-state index is 12.5. The normalized spacial score (nSPS) is 12.2. The van der Waals surface area contributed by atoms with E-state index in [1.54, 1.807) is 30.9 Å². The van der Waals surface area contributed by atoms with Gasteiger partial charge in [0.25, 0.3) is 5.91 Å². The highest BCUT2D eigenvalue weighted by molar-refractivity contribution is 7.89. The van der Waals surface area contributed by atoms with Crippen LogP contribution in [0.5, 0.6) is 0 Å². The molecule has 0 aliphatic heterocycles. The van der Waals surface area contributed by atoms with E-state index in [0.29, 0.717) is 18.7 Å². The van der Waals surface area contributed by atoms with Gasteiger partial charge in [0, 0.05) is 31.2 Å². The predicted molar refractivity (Wildman–Crippen MR) is 114 cm³/mol. The molecule has 8 heteroatoms. The Morgan fingerprint density at radius 3 is 1.97 bits per heavy atom. The summed E-state index contributed by atoms with van der Waals surface area (Å²) in [4.78, 5) is 26.0. The summed E-state index contributed by atoms with van der Waals surface area (Å²) < 4.78 is 31.3. The zero-order valence-corrected chi connectivity index (χ0v) is 18.9. The zero-order chi connectivity index (χ0) is 22.2. The summed E-state index contributed by atoms with van der Waals surface area (Å²) in [7, 11) is -3.51. The van der Waals surface area contributed by atoms with Crippen molar-refractivity contribution in [3.8, 4) is 0 Å². The minimum Gasteiger partial charge on any atom is -0.452 e. The molecule has 1 rings (SSSR count). The van der Waals surface area contributed by atoms with Crippen molar-refractivity contribution in [1.82, 2.24) is 9.21 Å². The lowest BCUT2D eigenvalue weighted by atomic mass is 10.2. The lowest BCUT2D eigenvalue weighted by Crippen LogP contribution is -2.44. The van der Waals surface area contributed by atoms with E-state index in [9.17, 15) is 18.0 Å². The van der Waals surface area contributed by atoms with E-state index in [2.05, 4.69) is 0 Å². The third-order valence-corrected chi connectivity index (χ3v) is 6.44. The fourth-order valence-electron chi connectivity index (χ4n) is 3.06. The molecular weight excluding hydrogens is 392 g/mol. The molecule has 162 valence electrons. The summed E-state index contributed by atoms with van der Waals surface area (Å²) >= 11 is 0. The quantitative estimate of drug-likeness (QED) is 0.426. The molecule has 0 saturated heterocycles. The Morgan fingerprint density at radius 2 is 1.52 bits per heavy atom. The minimum absolute atomic E-state index is 0.0166. The van der Waals surface area contributed by atoms with Crippen molar-refractivity contribution in [1.29, 1.82) is 0 Å². The summed E-state index contributed by atoms with van der Waals surface area (Å²) in [5, 5.41) is 0. The minimum atomic E-state index is -3.51. The van der Waals surface area contributed by atoms with Crippen LogP contribution < -0.4 is 0 Å². The van der Waals surface area contributed by atoms with Crippen LogP contribution in [-0.4, -0.2) is 61.3 Å². The molecule has 1 aromatic carbocycles. The lowest BCUT2D eigenvalue weighted by Gasteiger charge is -2.30. The Bertz CT molecular complexity index is 802. The molecule has 0 bridgehead atoms. The zero-order valence-electron chi connectivity index (χ0n) is 18.1. The molecule has 1 amide bonds. The molecule has 0 spiro atoms. The van der Waals surface area contributed by atoms with E-state index in [4.69, 9.17) is 4.74 Å². The Morgan fingerprint density at radius 1 is 1.00 bits per heavy atom. The van der Waals surface area contributed by atoms with Crippen LogP contribution in [0.1, 0.15) is 47.1 Å². The summed E-state index contributed by atoms with van der Waals surface area (Å²) in [6, 6.07) is 6.27. The van der Waals surface area contributed by atoms with Crippen molar-refractivity contribution in [3.05, 3.63) is 35.9 Å². The van der Waals surface area contributed by atoms with Gasteiger partial charge in [0.1, 0.15) is 0 Å². The summed E-state index contributed by atoms with van der Waals surface area (Å²) in [5.41, 5.74) is 0.651. The monoisotopic (exact) mass is 424 g/mol. The SMILES string of the molecule is CCN(CC)S(=O)(=O)c1ccc(C=CC(=O)OCC(=O)N(C(C)C)C(C)C)cc1. The lowest BCUT2D eigenvalue weighted by molar-refractivity contribution is -0.150. The second-order valence-corrected chi connectivity index (χ2v) is 9.03. The van der Waals surface area contributed by atoms with Crippen LogP contribution in [0, 0.1) is 0 Å². The standard InChI is InChI=1S/C21H32N2O5S/c1-7-22(8-2)29(26,27)19-12-9-18(10-13-19)11-14-21(25)28-15-20(24)23(16(3)4)17(5)6/h9-14,16-17H,7-8,15H2,1-6H3. The molecule has 0 saturated carbocycles. The van der Waals surface area contributed by atoms with E-state index in [1.807, 2.05) is 27.7 Å². The molecule has 0 unspecified atom stereocenters. The van der Waals surface area contributed by atoms with Gasteiger partial charge in [-0.3, -0.25) is 4.79 Å². The van der Waals surface area contributed by atoms with Crippen LogP contribution >= 0.6 is 0 Å². The van der Waals surface area contributed by atoms with Crippen molar-refractivity contribution < 1.29 is 22.7 Å². The van der Waals surface area contributed by atoms with Gasteiger partial charge in [0.2, 0.25) is 10.0 Å². The molecule has 1 aromatic rings. The fraction of sp³-hybridized carbons (Fsp3) is 0.524. The van der Waals surface area contributed by atoms with Gasteiger partial charge < -0.3 is 9.64 Å². The Kier molecular flexibility index (Phi) is 9.52. The van der Waals surface area contributed by atoms with E-state index < -0.39 is 16.0 Å². The van der Waals surface area contributed by atoms with Gasteiger partial charge in [0.05, 0.1) is 4.90 Å². The number of ether oxygens (including phenoxy) is 1. The van der Waals surface area contributed by atoms with Crippen molar-refractivity contribution in [2.24, 2.45) is 0 Å². The van der Waals surface area contributed by atoms with E-state index in [1.165, 1.54) is 28.6 Å². The first-order valence-electron chi connectivity index (χ1n) is 9.80. The highest BCUT2D eigenvalue weighted by Crippen LogP contribution is 2.16. The molecule has 0 fully saturated rings. The molecule has 0 radical (unpaired) electrons. The summed E-state index contributed by atoms with van der Waals surface area (Å²) in [5.74, 6) is -0.881. The molecule has 0 N–H and O–H groups in total. The second kappa shape index (κ2) is 11.1. The van der Waals surface area contributed by atoms with Crippen molar-refractivity contribution in [2.45, 2.75) is 58.5 Å². The van der Waals surface area contributed by atoms with Crippen molar-refractivity contribution >= 4 is 28.0 Å². The maximum absolute atomic E-state index is 12.5. The number of carbonyl (C=O) groups excluding carboxylic acids is 2. The van der Waals surface area contributed by atoms with E-state index >= 15 is 0 Å². The number of esters is 1. The first-order chi connectivity index (χ1) is 13.5. The van der Waals surface area contributed by atoms with Crippen LogP contribution in [0.3, 0.4) is 0 Å². The van der Waals surface area contributed by atoms with Crippen LogP contribution in [0.4, 0.5) is 0 Å². The largest absolute Gasteiger partial charge is 0.452 e. The van der Waals surface area contributed by atoms with Crippen molar-refractivity contribution in [3.63, 3.8) is 0 Å². The molecular formula is C21H32N2O5S. The highest BCUT2D eigenvalue weighted by Gasteiger charge is 2.22. The van der Waals surface area contributed by atoms with Gasteiger partial charge in [0.15, 0.2) is 6.61 Å². The number of amides is 1. The van der Waals surface area contributed by atoms with E-state index in [0.717, 1.165) is 0 Å². The Hall–Kier alpha value is -2.19. The number of benzene rings is 1. The Labute approximate surface area is 174 Å². The predicted octanol–water partition coefficient (Wildman–Crippen LogP) is 2.92. The maximum Gasteiger partial charge on any atom is 0.331 e. The number of hydrogen-bond donors (Lipinski definition) is 0. The van der Waals surface area contributed by atoms with Gasteiger partial charge in [-0.15, -0.1) is 0 Å². The topological polar surface area (TPSA) is 84.0 Å². The summed E-state index contributed by atoms with van der Waals surface area (Å²) in [6.07, 6.45) is 2.74. The average molecular weight is 425 g/mol. The number of hydrogen-bond acceptors (Lipinski definition) is 5. The first kappa shape index (κ1) is 24.8. The molecule has 7 nitrogen and oxygen atoms in total. The average Bonchev–Trinajstić information content (AvgIpc) is 2.65. The van der Waals surface area contributed by atoms with Crippen LogP contribution in [0.15, 0.2) is 35.2 Å². The molecule has 0 aliphatic rings. The third kappa shape index (κ3) is 6.97. The molecule has 29 heavy (non-hydrogen) atoms. The third-order valence-electron chi connectivity index (χ3n) is 4.37. The van der Waals surface area contributed by atoms with Crippen LogP contribution in [0.25, 0.3) is 6.08 Å². The molecule has 0 aliphatic carbocycles. The van der Waals surface area contributed by atoms with Gasteiger partial charge in [-0.2, -0.15) is 4.31 Å². The Balaban J connectivity index is 2.72. The first-order valence-corrected chi connectivity index (χ1v) is 11.2. The number of carbonyl (C=O) groups is 2. The van der Waals surface area contributed by atoms with Crippen molar-refractivity contribution in [2.75, 3.05) is 19.7 Å². The van der Waals surface area contributed by atoms with Gasteiger partial charge >= 0.3 is 5.97 Å². The number of rotatable bonds is 10. The smallest absolute Gasteiger partial charge is 0.331 e. The van der Waals surface area contributed by atoms with Crippen LogP contribution in [-0.2, 0) is 24.3 Å². The van der Waals surface area contributed by atoms with Gasteiger partial charge in [-0.25, -0.2) is 13.2 Å². The highest BCUT2D eigenvalue weighted by atomic mass is 32.2.